The molecule has 0 unspecified atom stereocenters. The molecule has 0 heterocycles. The van der Waals surface area contributed by atoms with Gasteiger partial charge in [0.05, 0.1) is 11.8 Å². The molecule has 0 bridgehead atoms. The highest BCUT2D eigenvalue weighted by atomic mass is 16.5. The maximum absolute atomic E-state index is 11.4. The van der Waals surface area contributed by atoms with Gasteiger partial charge in [0.2, 0.25) is 0 Å². The lowest BCUT2D eigenvalue weighted by atomic mass is 9.92. The molecular formula is C12H16N2O3. The fourth-order valence-electron chi connectivity index (χ4n) is 1.76. The van der Waals surface area contributed by atoms with E-state index in [0.29, 0.717) is 29.8 Å². The number of anilines is 1. The summed E-state index contributed by atoms with van der Waals surface area (Å²) in [6, 6.07) is 4.94. The Hall–Kier alpha value is -1.75. The minimum Gasteiger partial charge on any atom is -0.488 e. The summed E-state index contributed by atoms with van der Waals surface area (Å²) in [6.45, 7) is 0. The van der Waals surface area contributed by atoms with Gasteiger partial charge in [0, 0.05) is 25.5 Å². The van der Waals surface area contributed by atoms with Gasteiger partial charge in [-0.05, 0) is 18.2 Å². The standard InChI is InChI=1S/C12H16N2O3/c1-14-12(16)7-2-3-11(10(13)4-7)17-9-5-8(15)6-9/h2-4,8-9,15H,5-6,13H2,1H3,(H,14,16). The highest BCUT2D eigenvalue weighted by molar-refractivity contribution is 5.95. The number of nitrogen functional groups attached to an aromatic ring is 1. The van der Waals surface area contributed by atoms with E-state index in [0.717, 1.165) is 0 Å². The number of ether oxygens (including phenoxy) is 1. The first-order valence-corrected chi connectivity index (χ1v) is 5.56. The third-order valence-corrected chi connectivity index (χ3v) is 2.86. The summed E-state index contributed by atoms with van der Waals surface area (Å²) in [6.07, 6.45) is 1.04. The smallest absolute Gasteiger partial charge is 0.251 e. The SMILES string of the molecule is CNC(=O)c1ccc(OC2CC(O)C2)c(N)c1. The van der Waals surface area contributed by atoms with Gasteiger partial charge in [-0.15, -0.1) is 0 Å². The molecule has 1 aromatic carbocycles. The molecular weight excluding hydrogens is 220 g/mol. The molecule has 0 radical (unpaired) electrons. The minimum atomic E-state index is -0.258. The van der Waals surface area contributed by atoms with E-state index in [2.05, 4.69) is 5.32 Å². The number of carbonyl (C=O) groups is 1. The van der Waals surface area contributed by atoms with Crippen molar-refractivity contribution in [2.24, 2.45) is 0 Å². The number of amides is 1. The lowest BCUT2D eigenvalue weighted by Crippen LogP contribution is -2.37. The van der Waals surface area contributed by atoms with Crippen LogP contribution in [0, 0.1) is 0 Å². The van der Waals surface area contributed by atoms with E-state index in [1.54, 1.807) is 25.2 Å². The van der Waals surface area contributed by atoms with Crippen LogP contribution in [-0.2, 0) is 0 Å². The molecule has 17 heavy (non-hydrogen) atoms. The van der Waals surface area contributed by atoms with Crippen LogP contribution in [0.15, 0.2) is 18.2 Å². The van der Waals surface area contributed by atoms with E-state index in [1.807, 2.05) is 0 Å². The second-order valence-corrected chi connectivity index (χ2v) is 4.20. The van der Waals surface area contributed by atoms with E-state index in [1.165, 1.54) is 0 Å². The summed E-state index contributed by atoms with van der Waals surface area (Å²) in [5, 5.41) is 11.7. The van der Waals surface area contributed by atoms with E-state index < -0.39 is 0 Å². The van der Waals surface area contributed by atoms with Crippen LogP contribution in [0.2, 0.25) is 0 Å². The summed E-state index contributed by atoms with van der Waals surface area (Å²) < 4.78 is 5.60. The van der Waals surface area contributed by atoms with Crippen LogP contribution in [0.1, 0.15) is 23.2 Å². The van der Waals surface area contributed by atoms with Gasteiger partial charge in [0.1, 0.15) is 11.9 Å². The third kappa shape index (κ3) is 2.50. The van der Waals surface area contributed by atoms with Crippen molar-refractivity contribution in [3.63, 3.8) is 0 Å². The first-order valence-electron chi connectivity index (χ1n) is 5.56. The number of hydrogen-bond donors (Lipinski definition) is 3. The van der Waals surface area contributed by atoms with E-state index in [-0.39, 0.29) is 18.1 Å². The second-order valence-electron chi connectivity index (χ2n) is 4.20. The molecule has 0 spiro atoms. The van der Waals surface area contributed by atoms with Crippen molar-refractivity contribution in [2.45, 2.75) is 25.0 Å². The van der Waals surface area contributed by atoms with Crippen LogP contribution in [0.3, 0.4) is 0 Å². The topological polar surface area (TPSA) is 84.6 Å². The molecule has 92 valence electrons. The average Bonchev–Trinajstić information content (AvgIpc) is 2.28. The Balaban J connectivity index is 2.06. The van der Waals surface area contributed by atoms with Gasteiger partial charge in [-0.2, -0.15) is 0 Å². The Bertz CT molecular complexity index is 428. The molecule has 0 saturated heterocycles. The summed E-state index contributed by atoms with van der Waals surface area (Å²) in [4.78, 5) is 11.4. The number of nitrogens with one attached hydrogen (secondary N) is 1. The molecule has 0 atom stereocenters. The number of carbonyl (C=O) groups excluding carboxylic acids is 1. The van der Waals surface area contributed by atoms with Gasteiger partial charge >= 0.3 is 0 Å². The molecule has 0 aromatic heterocycles. The van der Waals surface area contributed by atoms with Gasteiger partial charge in [-0.3, -0.25) is 4.79 Å². The van der Waals surface area contributed by atoms with Crippen molar-refractivity contribution < 1.29 is 14.6 Å². The number of nitrogens with two attached hydrogens (primary N) is 1. The van der Waals surface area contributed by atoms with Crippen LogP contribution in [0.5, 0.6) is 5.75 Å². The molecule has 1 aromatic rings. The maximum atomic E-state index is 11.4. The zero-order valence-electron chi connectivity index (χ0n) is 9.64. The zero-order valence-corrected chi connectivity index (χ0v) is 9.64. The predicted octanol–water partition coefficient (Wildman–Crippen LogP) is 0.530. The normalized spacial score (nSPS) is 22.7. The first-order chi connectivity index (χ1) is 8.10. The van der Waals surface area contributed by atoms with Crippen molar-refractivity contribution in [3.8, 4) is 5.75 Å². The summed E-state index contributed by atoms with van der Waals surface area (Å²) in [7, 11) is 1.57. The molecule has 1 saturated carbocycles. The quantitative estimate of drug-likeness (QED) is 0.668. The monoisotopic (exact) mass is 236 g/mol. The predicted molar refractivity (Wildman–Crippen MR) is 63.9 cm³/mol. The lowest BCUT2D eigenvalue weighted by molar-refractivity contribution is -0.0104. The Morgan fingerprint density at radius 3 is 2.76 bits per heavy atom. The van der Waals surface area contributed by atoms with E-state index in [9.17, 15) is 4.79 Å². The summed E-state index contributed by atoms with van der Waals surface area (Å²) in [5.41, 5.74) is 6.75. The van der Waals surface area contributed by atoms with Crippen LogP contribution in [0.25, 0.3) is 0 Å². The van der Waals surface area contributed by atoms with Crippen LogP contribution in [0.4, 0.5) is 5.69 Å². The molecule has 5 nitrogen and oxygen atoms in total. The van der Waals surface area contributed by atoms with E-state index in [4.69, 9.17) is 15.6 Å². The van der Waals surface area contributed by atoms with Gasteiger partial charge < -0.3 is 20.9 Å². The molecule has 1 aliphatic carbocycles. The molecule has 1 amide bonds. The highest BCUT2D eigenvalue weighted by Gasteiger charge is 2.29. The number of aliphatic hydroxyl groups excluding tert-OH is 1. The van der Waals surface area contributed by atoms with Crippen LogP contribution >= 0.6 is 0 Å². The van der Waals surface area contributed by atoms with E-state index >= 15 is 0 Å². The van der Waals surface area contributed by atoms with Gasteiger partial charge in [-0.1, -0.05) is 0 Å². The Kier molecular flexibility index (Phi) is 3.19. The molecule has 1 fully saturated rings. The Labute approximate surface area is 99.6 Å². The van der Waals surface area contributed by atoms with Gasteiger partial charge in [0.25, 0.3) is 5.91 Å². The Morgan fingerprint density at radius 1 is 1.53 bits per heavy atom. The van der Waals surface area contributed by atoms with Crippen LogP contribution in [-0.4, -0.2) is 30.3 Å². The zero-order chi connectivity index (χ0) is 12.4. The fourth-order valence-corrected chi connectivity index (χ4v) is 1.76. The molecule has 2 rings (SSSR count). The second kappa shape index (κ2) is 4.63. The van der Waals surface area contributed by atoms with Crippen molar-refractivity contribution in [2.75, 3.05) is 12.8 Å². The highest BCUT2D eigenvalue weighted by Crippen LogP contribution is 2.29. The number of rotatable bonds is 3. The molecule has 4 N–H and O–H groups in total. The summed E-state index contributed by atoms with van der Waals surface area (Å²) in [5.74, 6) is 0.386. The van der Waals surface area contributed by atoms with Crippen molar-refractivity contribution >= 4 is 11.6 Å². The average molecular weight is 236 g/mol. The molecule has 1 aliphatic rings. The van der Waals surface area contributed by atoms with Crippen molar-refractivity contribution in [1.29, 1.82) is 0 Å². The molecule has 0 aliphatic heterocycles. The van der Waals surface area contributed by atoms with Gasteiger partial charge in [0.15, 0.2) is 0 Å². The summed E-state index contributed by atoms with van der Waals surface area (Å²) >= 11 is 0. The third-order valence-electron chi connectivity index (χ3n) is 2.86. The maximum Gasteiger partial charge on any atom is 0.251 e. The first kappa shape index (κ1) is 11.7. The van der Waals surface area contributed by atoms with Crippen molar-refractivity contribution in [1.82, 2.24) is 5.32 Å². The molecule has 5 heteroatoms. The largest absolute Gasteiger partial charge is 0.488 e. The van der Waals surface area contributed by atoms with Gasteiger partial charge in [-0.25, -0.2) is 0 Å². The fraction of sp³-hybridized carbons (Fsp3) is 0.417. The minimum absolute atomic E-state index is 0.0261. The lowest BCUT2D eigenvalue weighted by Gasteiger charge is -2.32. The Morgan fingerprint density at radius 2 is 2.24 bits per heavy atom. The van der Waals surface area contributed by atoms with Crippen molar-refractivity contribution in [3.05, 3.63) is 23.8 Å². The number of benzene rings is 1. The van der Waals surface area contributed by atoms with Crippen LogP contribution < -0.4 is 15.8 Å². The number of hydrogen-bond acceptors (Lipinski definition) is 4. The number of aliphatic hydroxyl groups is 1.